The molecule has 9 nitrogen and oxygen atoms in total. The normalized spacial score (nSPS) is 12.0. The number of phenolic OH excluding ortho intramolecular Hbond substituents is 1. The summed E-state index contributed by atoms with van der Waals surface area (Å²) in [4.78, 5) is 10.2. The Morgan fingerprint density at radius 2 is 2.26 bits per heavy atom. The number of hydrazone groups is 1. The summed E-state index contributed by atoms with van der Waals surface area (Å²) < 4.78 is 9.86. The smallest absolute Gasteiger partial charge is 0.315 e. The average Bonchev–Trinajstić information content (AvgIpc) is 2.48. The molecule has 1 atom stereocenters. The van der Waals surface area contributed by atoms with Crippen LogP contribution in [0.5, 0.6) is 11.5 Å². The highest BCUT2D eigenvalue weighted by Gasteiger charge is 2.19. The lowest BCUT2D eigenvalue weighted by Gasteiger charge is -2.13. The minimum atomic E-state index is -0.707. The summed E-state index contributed by atoms with van der Waals surface area (Å²) in [7, 11) is 2.88. The molecule has 0 radical (unpaired) electrons. The molecule has 0 heterocycles. The first-order valence-electron chi connectivity index (χ1n) is 6.53. The van der Waals surface area contributed by atoms with E-state index in [1.54, 1.807) is 7.11 Å². The maximum Gasteiger partial charge on any atom is 0.315 e. The third-order valence-corrected chi connectivity index (χ3v) is 2.88. The molecule has 23 heavy (non-hydrogen) atoms. The molecule has 0 aromatic heterocycles. The molecule has 0 aliphatic rings. The molecular formula is C13H18N4O5S. The summed E-state index contributed by atoms with van der Waals surface area (Å²) in [5, 5.41) is 27.7. The number of nitrogens with zero attached hydrogens (tertiary/aromatic N) is 2. The van der Waals surface area contributed by atoms with Gasteiger partial charge in [0.05, 0.1) is 24.9 Å². The van der Waals surface area contributed by atoms with Crippen molar-refractivity contribution >= 4 is 29.2 Å². The van der Waals surface area contributed by atoms with E-state index in [0.717, 1.165) is 0 Å². The zero-order valence-electron chi connectivity index (χ0n) is 12.9. The van der Waals surface area contributed by atoms with Crippen LogP contribution >= 0.6 is 12.2 Å². The third kappa shape index (κ3) is 5.68. The fourth-order valence-electron chi connectivity index (χ4n) is 1.70. The fourth-order valence-corrected chi connectivity index (χ4v) is 1.95. The average molecular weight is 342 g/mol. The van der Waals surface area contributed by atoms with E-state index in [-0.39, 0.29) is 16.9 Å². The molecule has 126 valence electrons. The van der Waals surface area contributed by atoms with Gasteiger partial charge in [0.1, 0.15) is 0 Å². The van der Waals surface area contributed by atoms with Crippen molar-refractivity contribution in [3.05, 3.63) is 27.8 Å². The number of phenols is 1. The first-order valence-corrected chi connectivity index (χ1v) is 6.93. The molecule has 0 unspecified atom stereocenters. The van der Waals surface area contributed by atoms with Crippen molar-refractivity contribution in [3.63, 3.8) is 0 Å². The summed E-state index contributed by atoms with van der Waals surface area (Å²) >= 11 is 5.03. The first-order chi connectivity index (χ1) is 10.9. The van der Waals surface area contributed by atoms with E-state index in [1.807, 2.05) is 6.92 Å². The predicted octanol–water partition coefficient (Wildman–Crippen LogP) is 1.14. The highest BCUT2D eigenvalue weighted by molar-refractivity contribution is 7.80. The van der Waals surface area contributed by atoms with Crippen LogP contribution in [0.3, 0.4) is 0 Å². The van der Waals surface area contributed by atoms with E-state index in [0.29, 0.717) is 12.2 Å². The highest BCUT2D eigenvalue weighted by atomic mass is 32.1. The molecule has 0 aliphatic heterocycles. The van der Waals surface area contributed by atoms with Gasteiger partial charge in [-0.2, -0.15) is 5.10 Å². The molecule has 0 saturated heterocycles. The van der Waals surface area contributed by atoms with Gasteiger partial charge in [0.25, 0.3) is 0 Å². The lowest BCUT2D eigenvalue weighted by molar-refractivity contribution is -0.386. The Kier molecular flexibility index (Phi) is 7.16. The number of nitro groups is 1. The van der Waals surface area contributed by atoms with Crippen molar-refractivity contribution in [1.29, 1.82) is 0 Å². The fraction of sp³-hybridized carbons (Fsp3) is 0.385. The lowest BCUT2D eigenvalue weighted by Crippen LogP contribution is -2.40. The standard InChI is InChI=1S/C13H18N4O5S/c1-8(7-21-2)15-13(23)16-14-6-9-4-10(17(19)20)12(18)11(5-9)22-3/h4-6,8,18H,7H2,1-3H3,(H2,15,16,23)/b14-6-/t8-/m1/s1. The molecule has 3 N–H and O–H groups in total. The largest absolute Gasteiger partial charge is 0.500 e. The van der Waals surface area contributed by atoms with E-state index >= 15 is 0 Å². The number of methoxy groups -OCH3 is 2. The van der Waals surface area contributed by atoms with Crippen LogP contribution in [-0.4, -0.2) is 48.2 Å². The Hall–Kier alpha value is -2.46. The summed E-state index contributed by atoms with van der Waals surface area (Å²) in [6.45, 7) is 2.36. The van der Waals surface area contributed by atoms with Gasteiger partial charge in [-0.1, -0.05) is 0 Å². The van der Waals surface area contributed by atoms with E-state index in [4.69, 9.17) is 21.7 Å². The number of aromatic hydroxyl groups is 1. The number of nitrogens with one attached hydrogen (secondary N) is 2. The molecule has 0 aliphatic carbocycles. The monoisotopic (exact) mass is 342 g/mol. The molecule has 10 heteroatoms. The van der Waals surface area contributed by atoms with E-state index in [1.165, 1.54) is 25.5 Å². The van der Waals surface area contributed by atoms with E-state index in [2.05, 4.69) is 15.8 Å². The second-order valence-corrected chi connectivity index (χ2v) is 4.96. The van der Waals surface area contributed by atoms with Gasteiger partial charge in [-0.25, -0.2) is 0 Å². The first kappa shape index (κ1) is 18.6. The molecule has 0 spiro atoms. The van der Waals surface area contributed by atoms with Crippen molar-refractivity contribution in [2.75, 3.05) is 20.8 Å². The molecule has 0 amide bonds. The Balaban J connectivity index is 2.78. The maximum absolute atomic E-state index is 10.9. The summed E-state index contributed by atoms with van der Waals surface area (Å²) in [5.74, 6) is -0.553. The maximum atomic E-state index is 10.9. The summed E-state index contributed by atoms with van der Waals surface area (Å²) in [6, 6.07) is 2.59. The second-order valence-electron chi connectivity index (χ2n) is 4.55. The Bertz CT molecular complexity index is 608. The summed E-state index contributed by atoms with van der Waals surface area (Å²) in [5.41, 5.74) is 2.48. The number of hydrogen-bond acceptors (Lipinski definition) is 7. The predicted molar refractivity (Wildman–Crippen MR) is 89.1 cm³/mol. The van der Waals surface area contributed by atoms with Crippen LogP contribution in [-0.2, 0) is 4.74 Å². The topological polar surface area (TPSA) is 118 Å². The molecule has 0 fully saturated rings. The van der Waals surface area contributed by atoms with Crippen molar-refractivity contribution in [3.8, 4) is 11.5 Å². The van der Waals surface area contributed by atoms with Crippen molar-refractivity contribution in [2.24, 2.45) is 5.10 Å². The van der Waals surface area contributed by atoms with E-state index in [9.17, 15) is 15.2 Å². The third-order valence-electron chi connectivity index (χ3n) is 2.67. The quantitative estimate of drug-likeness (QED) is 0.292. The Morgan fingerprint density at radius 3 is 2.83 bits per heavy atom. The van der Waals surface area contributed by atoms with Gasteiger partial charge in [-0.15, -0.1) is 0 Å². The minimum absolute atomic E-state index is 0.00468. The van der Waals surface area contributed by atoms with Crippen molar-refractivity contribution in [1.82, 2.24) is 10.7 Å². The van der Waals surface area contributed by atoms with Gasteiger partial charge in [0, 0.05) is 24.8 Å². The minimum Gasteiger partial charge on any atom is -0.500 e. The second kappa shape index (κ2) is 8.86. The Labute approximate surface area is 138 Å². The van der Waals surface area contributed by atoms with Gasteiger partial charge < -0.3 is 19.9 Å². The number of rotatable bonds is 7. The Morgan fingerprint density at radius 1 is 1.57 bits per heavy atom. The zero-order chi connectivity index (χ0) is 17.4. The van der Waals surface area contributed by atoms with Gasteiger partial charge >= 0.3 is 5.69 Å². The SMILES string of the molecule is COC[C@@H](C)NC(=S)N/N=C\c1cc(OC)c(O)c([N+](=O)[O-])c1. The lowest BCUT2D eigenvalue weighted by atomic mass is 10.2. The zero-order valence-corrected chi connectivity index (χ0v) is 13.7. The molecule has 0 saturated carbocycles. The summed E-state index contributed by atoms with van der Waals surface area (Å²) in [6.07, 6.45) is 1.32. The number of ether oxygens (including phenoxy) is 2. The number of hydrogen-bond donors (Lipinski definition) is 3. The number of thiocarbonyl (C=S) groups is 1. The van der Waals surface area contributed by atoms with Crippen LogP contribution in [0.4, 0.5) is 5.69 Å². The number of benzene rings is 1. The van der Waals surface area contributed by atoms with Gasteiger partial charge in [-0.05, 0) is 25.2 Å². The molecule has 1 aromatic rings. The molecular weight excluding hydrogens is 324 g/mol. The van der Waals surface area contributed by atoms with Crippen LogP contribution in [0.1, 0.15) is 12.5 Å². The highest BCUT2D eigenvalue weighted by Crippen LogP contribution is 2.36. The molecule has 1 aromatic carbocycles. The van der Waals surface area contributed by atoms with Gasteiger partial charge in [0.15, 0.2) is 10.9 Å². The van der Waals surface area contributed by atoms with Crippen LogP contribution in [0.15, 0.2) is 17.2 Å². The van der Waals surface area contributed by atoms with Crippen LogP contribution < -0.4 is 15.5 Å². The van der Waals surface area contributed by atoms with Gasteiger partial charge in [-0.3, -0.25) is 15.5 Å². The molecule has 1 rings (SSSR count). The van der Waals surface area contributed by atoms with Crippen LogP contribution in [0.25, 0.3) is 0 Å². The van der Waals surface area contributed by atoms with Crippen molar-refractivity contribution in [2.45, 2.75) is 13.0 Å². The molecule has 0 bridgehead atoms. The van der Waals surface area contributed by atoms with E-state index < -0.39 is 16.4 Å². The van der Waals surface area contributed by atoms with Crippen LogP contribution in [0.2, 0.25) is 0 Å². The van der Waals surface area contributed by atoms with Crippen LogP contribution in [0, 0.1) is 10.1 Å². The van der Waals surface area contributed by atoms with Crippen molar-refractivity contribution < 1.29 is 19.5 Å². The number of nitro benzene ring substituents is 1. The van der Waals surface area contributed by atoms with Gasteiger partial charge in [0.2, 0.25) is 5.75 Å².